The summed E-state index contributed by atoms with van der Waals surface area (Å²) in [5, 5.41) is 0.370. The maximum atomic E-state index is 13.4. The van der Waals surface area contributed by atoms with E-state index >= 15 is 0 Å². The standard InChI is InChI=1S/C14H13ClF3N3/c1-8-7-21(12(9-2-3-9)14(16,17)18)13(20-8)10-4-11(15)6-19-5-10/h4-7,9,12H,2-3H2,1H3/t12-/m0/s1. The van der Waals surface area contributed by atoms with E-state index in [1.165, 1.54) is 23.2 Å². The normalized spacial score (nSPS) is 17.0. The third-order valence-corrected chi connectivity index (χ3v) is 3.73. The lowest BCUT2D eigenvalue weighted by Crippen LogP contribution is -2.28. The van der Waals surface area contributed by atoms with E-state index in [2.05, 4.69) is 9.97 Å². The number of pyridine rings is 1. The lowest BCUT2D eigenvalue weighted by atomic mass is 10.1. The maximum absolute atomic E-state index is 13.4. The average molecular weight is 316 g/mol. The number of aromatic nitrogens is 3. The summed E-state index contributed by atoms with van der Waals surface area (Å²) in [4.78, 5) is 8.16. The zero-order valence-corrected chi connectivity index (χ0v) is 12.0. The second-order valence-corrected chi connectivity index (χ2v) is 5.77. The average Bonchev–Trinajstić information content (AvgIpc) is 3.11. The van der Waals surface area contributed by atoms with Crippen molar-refractivity contribution in [2.75, 3.05) is 0 Å². The second-order valence-electron chi connectivity index (χ2n) is 5.33. The molecule has 1 saturated carbocycles. The van der Waals surface area contributed by atoms with Crippen LogP contribution in [0.2, 0.25) is 5.02 Å². The molecule has 0 spiro atoms. The number of halogens is 4. The molecule has 1 aliphatic rings. The van der Waals surface area contributed by atoms with Crippen LogP contribution in [0.15, 0.2) is 24.7 Å². The van der Waals surface area contributed by atoms with Gasteiger partial charge in [-0.1, -0.05) is 11.6 Å². The van der Waals surface area contributed by atoms with Crippen LogP contribution in [0.4, 0.5) is 13.2 Å². The van der Waals surface area contributed by atoms with E-state index in [-0.39, 0.29) is 11.7 Å². The minimum absolute atomic E-state index is 0.261. The smallest absolute Gasteiger partial charge is 0.318 e. The Balaban J connectivity index is 2.11. The van der Waals surface area contributed by atoms with E-state index < -0.39 is 12.2 Å². The fourth-order valence-electron chi connectivity index (χ4n) is 2.54. The van der Waals surface area contributed by atoms with Crippen molar-refractivity contribution in [2.45, 2.75) is 32.0 Å². The van der Waals surface area contributed by atoms with Crippen molar-refractivity contribution in [1.82, 2.24) is 14.5 Å². The van der Waals surface area contributed by atoms with Gasteiger partial charge >= 0.3 is 6.18 Å². The number of hydrogen-bond donors (Lipinski definition) is 0. The molecule has 0 unspecified atom stereocenters. The zero-order chi connectivity index (χ0) is 15.2. The number of rotatable bonds is 3. The van der Waals surface area contributed by atoms with E-state index in [1.807, 2.05) is 0 Å². The van der Waals surface area contributed by atoms with Gasteiger partial charge in [0.05, 0.1) is 10.7 Å². The molecule has 0 aliphatic heterocycles. The highest BCUT2D eigenvalue weighted by molar-refractivity contribution is 6.30. The van der Waals surface area contributed by atoms with E-state index in [0.29, 0.717) is 29.1 Å². The summed E-state index contributed by atoms with van der Waals surface area (Å²) in [5.41, 5.74) is 1.03. The Labute approximate surface area is 124 Å². The Bertz CT molecular complexity index is 662. The Hall–Kier alpha value is -1.56. The monoisotopic (exact) mass is 315 g/mol. The molecular formula is C14H13ClF3N3. The molecule has 112 valence electrons. The summed E-state index contributed by atoms with van der Waals surface area (Å²) in [6.07, 6.45) is 1.25. The van der Waals surface area contributed by atoms with Crippen LogP contribution in [0.25, 0.3) is 11.4 Å². The summed E-state index contributed by atoms with van der Waals surface area (Å²) in [6, 6.07) is 0.0420. The van der Waals surface area contributed by atoms with Gasteiger partial charge in [0.15, 0.2) is 0 Å². The second kappa shape index (κ2) is 5.02. The van der Waals surface area contributed by atoms with Crippen LogP contribution >= 0.6 is 11.6 Å². The predicted molar refractivity (Wildman–Crippen MR) is 73.0 cm³/mol. The molecule has 2 heterocycles. The molecule has 2 aromatic rings. The Kier molecular flexibility index (Phi) is 3.43. The number of nitrogens with zero attached hydrogens (tertiary/aromatic N) is 3. The fraction of sp³-hybridized carbons (Fsp3) is 0.429. The SMILES string of the molecule is Cc1cn([C@@H](C2CC2)C(F)(F)F)c(-c2cncc(Cl)c2)n1. The van der Waals surface area contributed by atoms with Crippen LogP contribution in [-0.4, -0.2) is 20.7 Å². The molecule has 1 fully saturated rings. The van der Waals surface area contributed by atoms with Crippen molar-refractivity contribution in [3.8, 4) is 11.4 Å². The van der Waals surface area contributed by atoms with Gasteiger partial charge in [0, 0.05) is 24.2 Å². The number of alkyl halides is 3. The Morgan fingerprint density at radius 3 is 2.62 bits per heavy atom. The van der Waals surface area contributed by atoms with Crippen LogP contribution < -0.4 is 0 Å². The quantitative estimate of drug-likeness (QED) is 0.839. The predicted octanol–water partition coefficient (Wildman–Crippen LogP) is 4.42. The molecule has 0 amide bonds. The molecule has 2 aromatic heterocycles. The minimum atomic E-state index is -4.30. The van der Waals surface area contributed by atoms with E-state index in [9.17, 15) is 13.2 Å². The first-order valence-corrected chi connectivity index (χ1v) is 6.97. The third kappa shape index (κ3) is 2.90. The molecule has 0 N–H and O–H groups in total. The van der Waals surface area contributed by atoms with Crippen molar-refractivity contribution >= 4 is 11.6 Å². The van der Waals surface area contributed by atoms with E-state index in [4.69, 9.17) is 11.6 Å². The molecule has 0 saturated heterocycles. The largest absolute Gasteiger partial charge is 0.409 e. The fourth-order valence-corrected chi connectivity index (χ4v) is 2.71. The first kappa shape index (κ1) is 14.4. The number of hydrogen-bond acceptors (Lipinski definition) is 2. The van der Waals surface area contributed by atoms with Gasteiger partial charge < -0.3 is 4.57 Å². The van der Waals surface area contributed by atoms with Crippen molar-refractivity contribution in [2.24, 2.45) is 5.92 Å². The summed E-state index contributed by atoms with van der Waals surface area (Å²) in [6.45, 7) is 1.68. The van der Waals surface area contributed by atoms with Crippen molar-refractivity contribution < 1.29 is 13.2 Å². The van der Waals surface area contributed by atoms with Gasteiger partial charge in [0.1, 0.15) is 11.9 Å². The summed E-state index contributed by atoms with van der Waals surface area (Å²) >= 11 is 5.88. The van der Waals surface area contributed by atoms with Crippen molar-refractivity contribution in [3.63, 3.8) is 0 Å². The first-order valence-electron chi connectivity index (χ1n) is 6.59. The molecule has 1 atom stereocenters. The van der Waals surface area contributed by atoms with Crippen LogP contribution in [0.3, 0.4) is 0 Å². The third-order valence-electron chi connectivity index (χ3n) is 3.52. The van der Waals surface area contributed by atoms with E-state index in [1.54, 1.807) is 13.0 Å². The lowest BCUT2D eigenvalue weighted by Gasteiger charge is -2.23. The highest BCUT2D eigenvalue weighted by Crippen LogP contribution is 2.49. The van der Waals surface area contributed by atoms with Gasteiger partial charge in [-0.25, -0.2) is 4.98 Å². The van der Waals surface area contributed by atoms with Crippen LogP contribution in [-0.2, 0) is 0 Å². The summed E-state index contributed by atoms with van der Waals surface area (Å²) in [7, 11) is 0. The summed E-state index contributed by atoms with van der Waals surface area (Å²) < 4.78 is 41.4. The van der Waals surface area contributed by atoms with Gasteiger partial charge in [-0.15, -0.1) is 0 Å². The molecule has 21 heavy (non-hydrogen) atoms. The number of imidazole rings is 1. The highest BCUT2D eigenvalue weighted by atomic mass is 35.5. The van der Waals surface area contributed by atoms with Crippen molar-refractivity contribution in [3.05, 3.63) is 35.4 Å². The van der Waals surface area contributed by atoms with Gasteiger partial charge in [-0.2, -0.15) is 13.2 Å². The molecule has 7 heteroatoms. The number of aryl methyl sites for hydroxylation is 1. The van der Waals surface area contributed by atoms with E-state index in [0.717, 1.165) is 0 Å². The Morgan fingerprint density at radius 1 is 1.33 bits per heavy atom. The zero-order valence-electron chi connectivity index (χ0n) is 11.2. The van der Waals surface area contributed by atoms with Crippen molar-refractivity contribution in [1.29, 1.82) is 0 Å². The van der Waals surface area contributed by atoms with Crippen LogP contribution in [0, 0.1) is 12.8 Å². The summed E-state index contributed by atoms with van der Waals surface area (Å²) in [5.74, 6) is -0.110. The van der Waals surface area contributed by atoms with Gasteiger partial charge in [-0.05, 0) is 31.7 Å². The molecule has 3 nitrogen and oxygen atoms in total. The molecule has 1 aliphatic carbocycles. The van der Waals surface area contributed by atoms with Gasteiger partial charge in [-0.3, -0.25) is 4.98 Å². The Morgan fingerprint density at radius 2 is 2.05 bits per heavy atom. The highest BCUT2D eigenvalue weighted by Gasteiger charge is 2.50. The molecular weight excluding hydrogens is 303 g/mol. The van der Waals surface area contributed by atoms with Gasteiger partial charge in [0.25, 0.3) is 0 Å². The molecule has 0 aromatic carbocycles. The maximum Gasteiger partial charge on any atom is 0.409 e. The first-order chi connectivity index (χ1) is 9.86. The van der Waals surface area contributed by atoms with Gasteiger partial charge in [0.2, 0.25) is 0 Å². The molecule has 0 radical (unpaired) electrons. The topological polar surface area (TPSA) is 30.7 Å². The minimum Gasteiger partial charge on any atom is -0.318 e. The van der Waals surface area contributed by atoms with Crippen LogP contribution in [0.5, 0.6) is 0 Å². The molecule has 3 rings (SSSR count). The van der Waals surface area contributed by atoms with Crippen LogP contribution in [0.1, 0.15) is 24.6 Å². The molecule has 0 bridgehead atoms. The lowest BCUT2D eigenvalue weighted by molar-refractivity contribution is -0.172.